The Morgan fingerprint density at radius 3 is 2.48 bits per heavy atom. The first-order chi connectivity index (χ1) is 12.1. The van der Waals surface area contributed by atoms with Gasteiger partial charge < -0.3 is 25.8 Å². The second kappa shape index (κ2) is 9.17. The fourth-order valence-corrected chi connectivity index (χ4v) is 2.07. The number of amides is 1. The van der Waals surface area contributed by atoms with E-state index in [4.69, 9.17) is 15.2 Å². The topological polar surface area (TPSA) is 98.0 Å². The van der Waals surface area contributed by atoms with E-state index in [1.165, 1.54) is 0 Å². The van der Waals surface area contributed by atoms with Crippen LogP contribution >= 0.6 is 0 Å². The third kappa shape index (κ3) is 5.72. The lowest BCUT2D eigenvalue weighted by molar-refractivity contribution is 0.0954. The van der Waals surface area contributed by atoms with Crippen molar-refractivity contribution >= 4 is 17.6 Å². The summed E-state index contributed by atoms with van der Waals surface area (Å²) < 4.78 is 10.2. The quantitative estimate of drug-likeness (QED) is 0.405. The van der Waals surface area contributed by atoms with Crippen LogP contribution in [0.15, 0.2) is 53.5 Å². The Labute approximate surface area is 146 Å². The molecule has 0 saturated carbocycles. The van der Waals surface area contributed by atoms with E-state index in [1.807, 2.05) is 24.3 Å². The minimum absolute atomic E-state index is 0.184. The molecule has 0 atom stereocenters. The van der Waals surface area contributed by atoms with Crippen molar-refractivity contribution in [3.05, 3.63) is 54.1 Å². The molecule has 2 aromatic carbocycles. The summed E-state index contributed by atoms with van der Waals surface area (Å²) in [6, 6.07) is 14.3. The van der Waals surface area contributed by atoms with E-state index in [1.54, 1.807) is 38.5 Å². The van der Waals surface area contributed by atoms with Crippen molar-refractivity contribution in [2.75, 3.05) is 32.6 Å². The fraction of sp³-hybridized carbons (Fsp3) is 0.222. The van der Waals surface area contributed by atoms with E-state index in [9.17, 15) is 4.79 Å². The molecule has 132 valence electrons. The normalized spacial score (nSPS) is 10.9. The molecule has 0 saturated heterocycles. The van der Waals surface area contributed by atoms with Crippen molar-refractivity contribution in [3.63, 3.8) is 0 Å². The second-order valence-corrected chi connectivity index (χ2v) is 5.11. The Kier molecular flexibility index (Phi) is 6.65. The molecule has 0 radical (unpaired) electrons. The standard InChI is InChI=1S/C18H22N4O3/c1-24-15-8-6-14(7-9-15)22-18(19)21-11-10-20-17(23)13-4-3-5-16(12-13)25-2/h3-9,12H,10-11H2,1-2H3,(H,20,23)(H3,19,21,22). The molecule has 0 aromatic heterocycles. The summed E-state index contributed by atoms with van der Waals surface area (Å²) in [5.74, 6) is 1.50. The number of rotatable bonds is 7. The van der Waals surface area contributed by atoms with Crippen LogP contribution in [0.4, 0.5) is 5.69 Å². The van der Waals surface area contributed by atoms with Gasteiger partial charge in [-0.2, -0.15) is 0 Å². The predicted molar refractivity (Wildman–Crippen MR) is 98.4 cm³/mol. The number of benzene rings is 2. The van der Waals surface area contributed by atoms with Crippen LogP contribution in [0.5, 0.6) is 11.5 Å². The molecular formula is C18H22N4O3. The molecule has 0 fully saturated rings. The summed E-state index contributed by atoms with van der Waals surface area (Å²) in [7, 11) is 3.17. The summed E-state index contributed by atoms with van der Waals surface area (Å²) in [6.07, 6.45) is 0. The number of nitrogens with zero attached hydrogens (tertiary/aromatic N) is 1. The molecular weight excluding hydrogens is 320 g/mol. The number of hydrogen-bond donors (Lipinski definition) is 3. The van der Waals surface area contributed by atoms with Gasteiger partial charge in [-0.15, -0.1) is 0 Å². The summed E-state index contributed by atoms with van der Waals surface area (Å²) in [6.45, 7) is 0.742. The van der Waals surface area contributed by atoms with E-state index in [-0.39, 0.29) is 11.9 Å². The van der Waals surface area contributed by atoms with E-state index < -0.39 is 0 Å². The van der Waals surface area contributed by atoms with Gasteiger partial charge in [-0.05, 0) is 42.5 Å². The van der Waals surface area contributed by atoms with Gasteiger partial charge in [-0.1, -0.05) is 6.07 Å². The van der Waals surface area contributed by atoms with Crippen LogP contribution in [0.1, 0.15) is 10.4 Å². The first-order valence-corrected chi connectivity index (χ1v) is 7.75. The number of nitrogens with two attached hydrogens (primary N) is 1. The summed E-state index contributed by atoms with van der Waals surface area (Å²) >= 11 is 0. The van der Waals surface area contributed by atoms with Gasteiger partial charge in [0, 0.05) is 17.8 Å². The Hall–Kier alpha value is -3.22. The zero-order chi connectivity index (χ0) is 18.1. The lowest BCUT2D eigenvalue weighted by Gasteiger charge is -2.07. The Morgan fingerprint density at radius 1 is 1.08 bits per heavy atom. The largest absolute Gasteiger partial charge is 0.497 e. The minimum Gasteiger partial charge on any atom is -0.497 e. The van der Waals surface area contributed by atoms with Gasteiger partial charge in [0.25, 0.3) is 5.91 Å². The lowest BCUT2D eigenvalue weighted by Crippen LogP contribution is -2.28. The van der Waals surface area contributed by atoms with Crippen molar-refractivity contribution in [1.82, 2.24) is 5.32 Å². The summed E-state index contributed by atoms with van der Waals surface area (Å²) in [5, 5.41) is 5.75. The third-order valence-corrected chi connectivity index (χ3v) is 3.37. The number of methoxy groups -OCH3 is 2. The molecule has 0 aliphatic heterocycles. The van der Waals surface area contributed by atoms with Gasteiger partial charge in [-0.3, -0.25) is 9.79 Å². The fourth-order valence-electron chi connectivity index (χ4n) is 2.07. The van der Waals surface area contributed by atoms with Gasteiger partial charge in [0.2, 0.25) is 0 Å². The number of ether oxygens (including phenoxy) is 2. The number of carbonyl (C=O) groups is 1. The van der Waals surface area contributed by atoms with Crippen molar-refractivity contribution in [3.8, 4) is 11.5 Å². The molecule has 2 aromatic rings. The van der Waals surface area contributed by atoms with Crippen molar-refractivity contribution < 1.29 is 14.3 Å². The highest BCUT2D eigenvalue weighted by Crippen LogP contribution is 2.14. The number of carbonyl (C=O) groups excluding carboxylic acids is 1. The molecule has 0 aliphatic carbocycles. The summed E-state index contributed by atoms with van der Waals surface area (Å²) in [4.78, 5) is 16.2. The SMILES string of the molecule is COc1ccc(NC(N)=NCCNC(=O)c2cccc(OC)c2)cc1. The van der Waals surface area contributed by atoms with Crippen LogP contribution in [0.3, 0.4) is 0 Å². The Morgan fingerprint density at radius 2 is 1.80 bits per heavy atom. The molecule has 7 heteroatoms. The highest BCUT2D eigenvalue weighted by atomic mass is 16.5. The van der Waals surface area contributed by atoms with E-state index in [0.717, 1.165) is 11.4 Å². The highest BCUT2D eigenvalue weighted by molar-refractivity contribution is 5.94. The van der Waals surface area contributed by atoms with Gasteiger partial charge in [-0.25, -0.2) is 0 Å². The molecule has 4 N–H and O–H groups in total. The zero-order valence-corrected chi connectivity index (χ0v) is 14.3. The lowest BCUT2D eigenvalue weighted by atomic mass is 10.2. The molecule has 1 amide bonds. The first kappa shape index (κ1) is 18.1. The van der Waals surface area contributed by atoms with Crippen LogP contribution in [-0.2, 0) is 0 Å². The number of anilines is 1. The molecule has 0 bridgehead atoms. The van der Waals surface area contributed by atoms with Crippen LogP contribution in [-0.4, -0.2) is 39.2 Å². The maximum atomic E-state index is 12.0. The number of hydrogen-bond acceptors (Lipinski definition) is 4. The monoisotopic (exact) mass is 342 g/mol. The van der Waals surface area contributed by atoms with Gasteiger partial charge in [0.05, 0.1) is 20.8 Å². The van der Waals surface area contributed by atoms with E-state index >= 15 is 0 Å². The maximum absolute atomic E-state index is 12.0. The molecule has 7 nitrogen and oxygen atoms in total. The van der Waals surface area contributed by atoms with Gasteiger partial charge >= 0.3 is 0 Å². The van der Waals surface area contributed by atoms with E-state index in [2.05, 4.69) is 15.6 Å². The molecule has 0 heterocycles. The Bertz CT molecular complexity index is 729. The third-order valence-electron chi connectivity index (χ3n) is 3.37. The average Bonchev–Trinajstić information content (AvgIpc) is 2.65. The minimum atomic E-state index is -0.184. The van der Waals surface area contributed by atoms with Gasteiger partial charge in [0.15, 0.2) is 5.96 Å². The van der Waals surface area contributed by atoms with Crippen LogP contribution in [0.2, 0.25) is 0 Å². The first-order valence-electron chi connectivity index (χ1n) is 7.75. The average molecular weight is 342 g/mol. The van der Waals surface area contributed by atoms with Crippen LogP contribution in [0, 0.1) is 0 Å². The molecule has 2 rings (SSSR count). The van der Waals surface area contributed by atoms with Crippen LogP contribution in [0.25, 0.3) is 0 Å². The molecule has 25 heavy (non-hydrogen) atoms. The second-order valence-electron chi connectivity index (χ2n) is 5.11. The van der Waals surface area contributed by atoms with Crippen LogP contribution < -0.4 is 25.8 Å². The summed E-state index contributed by atoms with van der Waals surface area (Å²) in [5.41, 5.74) is 7.16. The number of aliphatic imine (C=N–C) groups is 1. The van der Waals surface area contributed by atoms with E-state index in [0.29, 0.717) is 24.4 Å². The van der Waals surface area contributed by atoms with Gasteiger partial charge in [0.1, 0.15) is 11.5 Å². The predicted octanol–water partition coefficient (Wildman–Crippen LogP) is 1.86. The zero-order valence-electron chi connectivity index (χ0n) is 14.3. The van der Waals surface area contributed by atoms with Crippen molar-refractivity contribution in [2.24, 2.45) is 10.7 Å². The molecule has 0 aliphatic rings. The number of guanidine groups is 1. The smallest absolute Gasteiger partial charge is 0.251 e. The Balaban J connectivity index is 1.78. The highest BCUT2D eigenvalue weighted by Gasteiger charge is 2.05. The maximum Gasteiger partial charge on any atom is 0.251 e. The molecule has 0 unspecified atom stereocenters. The molecule has 0 spiro atoms. The van der Waals surface area contributed by atoms with Crippen molar-refractivity contribution in [1.29, 1.82) is 0 Å². The number of nitrogens with one attached hydrogen (secondary N) is 2. The van der Waals surface area contributed by atoms with Crippen molar-refractivity contribution in [2.45, 2.75) is 0 Å².